The molecule has 0 fully saturated rings. The molecule has 0 radical (unpaired) electrons. The van der Waals surface area contributed by atoms with E-state index in [2.05, 4.69) is 24.5 Å². The zero-order chi connectivity index (χ0) is 14.3. The lowest BCUT2D eigenvalue weighted by Crippen LogP contribution is -2.48. The minimum absolute atomic E-state index is 0.0695. The first-order valence-corrected chi connectivity index (χ1v) is 6.71. The van der Waals surface area contributed by atoms with E-state index >= 15 is 0 Å². The molecular weight excluding hydrogens is 244 g/mol. The van der Waals surface area contributed by atoms with Crippen molar-refractivity contribution < 1.29 is 14.3 Å². The summed E-state index contributed by atoms with van der Waals surface area (Å²) < 4.78 is 5.15. The molecule has 0 saturated heterocycles. The SMILES string of the molecule is CC(NC(CCO)C(C)C)C(=O)NCc1ccco1. The van der Waals surface area contributed by atoms with Crippen molar-refractivity contribution in [1.82, 2.24) is 10.6 Å². The number of hydrogen-bond acceptors (Lipinski definition) is 4. The fourth-order valence-corrected chi connectivity index (χ4v) is 1.89. The molecule has 108 valence electrons. The Hall–Kier alpha value is -1.33. The van der Waals surface area contributed by atoms with Crippen LogP contribution in [0.15, 0.2) is 22.8 Å². The lowest BCUT2D eigenvalue weighted by molar-refractivity contribution is -0.123. The van der Waals surface area contributed by atoms with Crippen molar-refractivity contribution >= 4 is 5.91 Å². The van der Waals surface area contributed by atoms with Crippen LogP contribution in [0, 0.1) is 5.92 Å². The van der Waals surface area contributed by atoms with Crippen molar-refractivity contribution in [3.63, 3.8) is 0 Å². The molecule has 2 unspecified atom stereocenters. The molecule has 2 atom stereocenters. The quantitative estimate of drug-likeness (QED) is 0.664. The summed E-state index contributed by atoms with van der Waals surface area (Å²) in [5.41, 5.74) is 0. The first-order valence-electron chi connectivity index (χ1n) is 6.71. The largest absolute Gasteiger partial charge is 0.467 e. The van der Waals surface area contributed by atoms with Crippen LogP contribution in [0.2, 0.25) is 0 Å². The molecule has 0 spiro atoms. The van der Waals surface area contributed by atoms with Gasteiger partial charge in [-0.25, -0.2) is 0 Å². The van der Waals surface area contributed by atoms with E-state index in [1.54, 1.807) is 12.3 Å². The van der Waals surface area contributed by atoms with Gasteiger partial charge in [0, 0.05) is 12.6 Å². The zero-order valence-electron chi connectivity index (χ0n) is 11.8. The van der Waals surface area contributed by atoms with Gasteiger partial charge in [-0.15, -0.1) is 0 Å². The van der Waals surface area contributed by atoms with Crippen molar-refractivity contribution in [1.29, 1.82) is 0 Å². The first-order chi connectivity index (χ1) is 9.04. The van der Waals surface area contributed by atoms with Gasteiger partial charge in [-0.05, 0) is 31.4 Å². The molecule has 1 aromatic rings. The average molecular weight is 268 g/mol. The summed E-state index contributed by atoms with van der Waals surface area (Å²) >= 11 is 0. The normalized spacial score (nSPS) is 14.4. The number of hydrogen-bond donors (Lipinski definition) is 3. The van der Waals surface area contributed by atoms with E-state index in [9.17, 15) is 4.79 Å². The molecule has 1 rings (SSSR count). The maximum absolute atomic E-state index is 11.9. The van der Waals surface area contributed by atoms with E-state index in [4.69, 9.17) is 9.52 Å². The monoisotopic (exact) mass is 268 g/mol. The van der Waals surface area contributed by atoms with Crippen LogP contribution in [0.5, 0.6) is 0 Å². The first kappa shape index (κ1) is 15.7. The van der Waals surface area contributed by atoms with E-state index in [0.29, 0.717) is 18.9 Å². The van der Waals surface area contributed by atoms with Gasteiger partial charge in [0.2, 0.25) is 5.91 Å². The third-order valence-corrected chi connectivity index (χ3v) is 3.12. The molecular formula is C14H24N2O3. The molecule has 5 nitrogen and oxygen atoms in total. The van der Waals surface area contributed by atoms with Gasteiger partial charge in [-0.1, -0.05) is 13.8 Å². The fraction of sp³-hybridized carbons (Fsp3) is 0.643. The molecule has 0 bridgehead atoms. The second-order valence-corrected chi connectivity index (χ2v) is 5.05. The summed E-state index contributed by atoms with van der Waals surface area (Å²) in [5, 5.41) is 15.1. The van der Waals surface area contributed by atoms with E-state index in [-0.39, 0.29) is 24.6 Å². The van der Waals surface area contributed by atoms with Crippen LogP contribution in [-0.4, -0.2) is 29.7 Å². The molecule has 0 aliphatic rings. The van der Waals surface area contributed by atoms with Gasteiger partial charge in [0.25, 0.3) is 0 Å². The highest BCUT2D eigenvalue weighted by Gasteiger charge is 2.19. The zero-order valence-corrected chi connectivity index (χ0v) is 11.8. The molecule has 19 heavy (non-hydrogen) atoms. The molecule has 1 amide bonds. The van der Waals surface area contributed by atoms with Crippen LogP contribution in [0.4, 0.5) is 0 Å². The molecule has 0 saturated carbocycles. The fourth-order valence-electron chi connectivity index (χ4n) is 1.89. The van der Waals surface area contributed by atoms with E-state index in [1.807, 2.05) is 13.0 Å². The Bertz CT molecular complexity index is 363. The number of carbonyl (C=O) groups excluding carboxylic acids is 1. The van der Waals surface area contributed by atoms with Crippen molar-refractivity contribution in [3.8, 4) is 0 Å². The van der Waals surface area contributed by atoms with Crippen LogP contribution in [0.25, 0.3) is 0 Å². The van der Waals surface area contributed by atoms with Gasteiger partial charge in [0.1, 0.15) is 5.76 Å². The predicted octanol–water partition coefficient (Wildman–Crippen LogP) is 1.28. The van der Waals surface area contributed by atoms with Gasteiger partial charge in [0.15, 0.2) is 0 Å². The second-order valence-electron chi connectivity index (χ2n) is 5.05. The smallest absolute Gasteiger partial charge is 0.237 e. The summed E-state index contributed by atoms with van der Waals surface area (Å²) in [5.74, 6) is 1.03. The maximum Gasteiger partial charge on any atom is 0.237 e. The lowest BCUT2D eigenvalue weighted by atomic mass is 10.0. The Balaban J connectivity index is 2.38. The Morgan fingerprint density at radius 2 is 2.16 bits per heavy atom. The topological polar surface area (TPSA) is 74.5 Å². The van der Waals surface area contributed by atoms with E-state index < -0.39 is 0 Å². The van der Waals surface area contributed by atoms with Crippen LogP contribution in [-0.2, 0) is 11.3 Å². The van der Waals surface area contributed by atoms with Gasteiger partial charge in [-0.3, -0.25) is 4.79 Å². The molecule has 5 heteroatoms. The molecule has 3 N–H and O–H groups in total. The standard InChI is InChI=1S/C14H24N2O3/c1-10(2)13(6-7-17)16-11(3)14(18)15-9-12-5-4-8-19-12/h4-5,8,10-11,13,16-17H,6-7,9H2,1-3H3,(H,15,18). The van der Waals surface area contributed by atoms with Crippen molar-refractivity contribution in [3.05, 3.63) is 24.2 Å². The summed E-state index contributed by atoms with van der Waals surface area (Å²) in [6, 6.07) is 3.45. The lowest BCUT2D eigenvalue weighted by Gasteiger charge is -2.25. The number of aliphatic hydroxyl groups excluding tert-OH is 1. The third-order valence-electron chi connectivity index (χ3n) is 3.12. The Kier molecular flexibility index (Phi) is 6.59. The summed E-state index contributed by atoms with van der Waals surface area (Å²) in [4.78, 5) is 11.9. The number of rotatable bonds is 8. The second kappa shape index (κ2) is 7.96. The van der Waals surface area contributed by atoms with E-state index in [0.717, 1.165) is 5.76 Å². The number of carbonyl (C=O) groups is 1. The van der Waals surface area contributed by atoms with E-state index in [1.165, 1.54) is 0 Å². The molecule has 1 aromatic heterocycles. The minimum atomic E-state index is -0.297. The van der Waals surface area contributed by atoms with Crippen molar-refractivity contribution in [2.45, 2.75) is 45.8 Å². The number of nitrogens with one attached hydrogen (secondary N) is 2. The third kappa shape index (κ3) is 5.44. The number of aliphatic hydroxyl groups is 1. The van der Waals surface area contributed by atoms with Gasteiger partial charge in [0.05, 0.1) is 18.8 Å². The summed E-state index contributed by atoms with van der Waals surface area (Å²) in [6.07, 6.45) is 2.23. The molecule has 0 aromatic carbocycles. The average Bonchev–Trinajstić information content (AvgIpc) is 2.88. The highest BCUT2D eigenvalue weighted by Crippen LogP contribution is 2.07. The van der Waals surface area contributed by atoms with Gasteiger partial charge in [-0.2, -0.15) is 0 Å². The van der Waals surface area contributed by atoms with Crippen LogP contribution >= 0.6 is 0 Å². The van der Waals surface area contributed by atoms with Crippen LogP contribution in [0.3, 0.4) is 0 Å². The van der Waals surface area contributed by atoms with Crippen LogP contribution in [0.1, 0.15) is 33.0 Å². The van der Waals surface area contributed by atoms with Crippen LogP contribution < -0.4 is 10.6 Å². The minimum Gasteiger partial charge on any atom is -0.467 e. The summed E-state index contributed by atoms with van der Waals surface area (Å²) in [6.45, 7) is 6.48. The number of furan rings is 1. The van der Waals surface area contributed by atoms with Crippen molar-refractivity contribution in [2.24, 2.45) is 5.92 Å². The summed E-state index contributed by atoms with van der Waals surface area (Å²) in [7, 11) is 0. The Labute approximate surface area is 114 Å². The van der Waals surface area contributed by atoms with Crippen molar-refractivity contribution in [2.75, 3.05) is 6.61 Å². The molecule has 1 heterocycles. The Morgan fingerprint density at radius 3 is 2.68 bits per heavy atom. The highest BCUT2D eigenvalue weighted by molar-refractivity contribution is 5.81. The predicted molar refractivity (Wildman–Crippen MR) is 73.5 cm³/mol. The highest BCUT2D eigenvalue weighted by atomic mass is 16.3. The number of amides is 1. The van der Waals surface area contributed by atoms with Gasteiger partial charge >= 0.3 is 0 Å². The Morgan fingerprint density at radius 1 is 1.42 bits per heavy atom. The molecule has 0 aliphatic carbocycles. The molecule has 0 aliphatic heterocycles. The van der Waals surface area contributed by atoms with Gasteiger partial charge < -0.3 is 20.2 Å². The maximum atomic E-state index is 11.9.